The highest BCUT2D eigenvalue weighted by Crippen LogP contribution is 2.45. The third kappa shape index (κ3) is 49.6. The molecule has 0 spiro atoms. The van der Waals surface area contributed by atoms with Crippen molar-refractivity contribution >= 4 is 39.5 Å². The van der Waals surface area contributed by atoms with Crippen LogP contribution in [0.15, 0.2) is 0 Å². The minimum Gasteiger partial charge on any atom is -0.462 e. The van der Waals surface area contributed by atoms with Gasteiger partial charge in [-0.15, -0.1) is 0 Å². The number of rotatable bonds is 55. The van der Waals surface area contributed by atoms with Crippen molar-refractivity contribution in [2.75, 3.05) is 39.6 Å². The Morgan fingerprint density at radius 3 is 0.919 bits per heavy atom. The van der Waals surface area contributed by atoms with Gasteiger partial charge in [0.1, 0.15) is 19.3 Å². The molecule has 0 amide bonds. The van der Waals surface area contributed by atoms with Crippen LogP contribution in [-0.2, 0) is 65.4 Å². The molecular weight excluding hydrogens is 995 g/mol. The molecular formula is C55H106O17P2. The zero-order valence-electron chi connectivity index (χ0n) is 47.0. The van der Waals surface area contributed by atoms with Gasteiger partial charge >= 0.3 is 39.5 Å². The lowest BCUT2D eigenvalue weighted by atomic mass is 10.0. The van der Waals surface area contributed by atoms with E-state index in [0.717, 1.165) is 96.3 Å². The van der Waals surface area contributed by atoms with E-state index in [0.29, 0.717) is 31.6 Å². The van der Waals surface area contributed by atoms with E-state index in [9.17, 15) is 43.2 Å². The molecule has 0 fully saturated rings. The fourth-order valence-corrected chi connectivity index (χ4v) is 9.57. The van der Waals surface area contributed by atoms with Gasteiger partial charge in [-0.3, -0.25) is 37.3 Å². The summed E-state index contributed by atoms with van der Waals surface area (Å²) in [7, 11) is -9.86. The molecule has 2 unspecified atom stereocenters. The van der Waals surface area contributed by atoms with Crippen LogP contribution in [0.1, 0.15) is 266 Å². The van der Waals surface area contributed by atoms with Crippen LogP contribution in [0, 0.1) is 5.92 Å². The average Bonchev–Trinajstić information content (AvgIpc) is 3.36. The van der Waals surface area contributed by atoms with E-state index in [1.807, 2.05) is 0 Å². The molecule has 0 heterocycles. The van der Waals surface area contributed by atoms with Crippen molar-refractivity contribution in [3.8, 4) is 0 Å². The highest BCUT2D eigenvalue weighted by molar-refractivity contribution is 7.47. The molecule has 0 saturated heterocycles. The van der Waals surface area contributed by atoms with Gasteiger partial charge in [-0.05, 0) is 31.6 Å². The minimum absolute atomic E-state index is 0.101. The first kappa shape index (κ1) is 72.1. The molecule has 0 aromatic carbocycles. The number of phosphoric acid groups is 2. The summed E-state index contributed by atoms with van der Waals surface area (Å²) >= 11 is 0. The molecule has 3 N–H and O–H groups in total. The Bertz CT molecular complexity index is 1470. The smallest absolute Gasteiger partial charge is 0.462 e. The van der Waals surface area contributed by atoms with E-state index in [4.69, 9.17) is 37.0 Å². The first-order valence-corrected chi connectivity index (χ1v) is 32.1. The van der Waals surface area contributed by atoms with Gasteiger partial charge in [-0.2, -0.15) is 0 Å². The number of carbonyl (C=O) groups excluding carboxylic acids is 4. The van der Waals surface area contributed by atoms with Gasteiger partial charge in [0, 0.05) is 25.7 Å². The molecule has 0 aromatic rings. The fourth-order valence-electron chi connectivity index (χ4n) is 7.99. The Morgan fingerprint density at radius 1 is 0.365 bits per heavy atom. The maximum atomic E-state index is 12.9. The van der Waals surface area contributed by atoms with Crippen LogP contribution in [0.5, 0.6) is 0 Å². The zero-order valence-corrected chi connectivity index (χ0v) is 48.7. The van der Waals surface area contributed by atoms with E-state index in [1.54, 1.807) is 0 Å². The summed E-state index contributed by atoms with van der Waals surface area (Å²) in [5.41, 5.74) is 0. The molecule has 438 valence electrons. The molecule has 0 aliphatic carbocycles. The van der Waals surface area contributed by atoms with Crippen molar-refractivity contribution in [3.63, 3.8) is 0 Å². The van der Waals surface area contributed by atoms with Crippen LogP contribution in [0.4, 0.5) is 0 Å². The van der Waals surface area contributed by atoms with Crippen LogP contribution in [0.25, 0.3) is 0 Å². The van der Waals surface area contributed by atoms with E-state index in [-0.39, 0.29) is 25.7 Å². The summed E-state index contributed by atoms with van der Waals surface area (Å²) in [6.45, 7) is 6.92. The summed E-state index contributed by atoms with van der Waals surface area (Å²) in [4.78, 5) is 71.4. The quantitative estimate of drug-likeness (QED) is 0.0222. The first-order valence-electron chi connectivity index (χ1n) is 29.1. The Labute approximate surface area is 447 Å². The molecule has 0 aliphatic rings. The van der Waals surface area contributed by atoms with Gasteiger partial charge in [-0.25, -0.2) is 9.13 Å². The lowest BCUT2D eigenvalue weighted by Gasteiger charge is -2.21. The number of unbranched alkanes of at least 4 members (excludes halogenated alkanes) is 27. The molecule has 5 atom stereocenters. The SMILES string of the molecule is CCCCCCCCCCCCC(=O)OC[C@H](COP(=O)(O)OC[C@@H](O)COP(=O)(O)OC[C@@H](COC(=O)CCCCCCC)OC(=O)CCCCCCCCC(C)C)OC(=O)CCCCCCCCCCCC. The third-order valence-corrected chi connectivity index (χ3v) is 14.4. The normalized spacial score (nSPS) is 14.5. The number of carbonyl (C=O) groups is 4. The summed E-state index contributed by atoms with van der Waals surface area (Å²) in [5, 5.41) is 10.4. The minimum atomic E-state index is -4.93. The Kier molecular flexibility index (Phi) is 48.1. The van der Waals surface area contributed by atoms with Crippen LogP contribution in [0.3, 0.4) is 0 Å². The maximum Gasteiger partial charge on any atom is 0.472 e. The standard InChI is InChI=1S/C55H106O17P2/c1-6-9-12-15-17-19-21-23-29-34-39-53(58)66-45-51(71-54(59)40-35-30-24-22-20-18-16-13-10-7-2)47-70-74(63,64)68-43-49(56)42-67-73(61,62)69-46-50(44-65-52(57)38-33-27-14-11-8-3)72-55(60)41-36-31-26-25-28-32-37-48(4)5/h48-51,56H,6-47H2,1-5H3,(H,61,62)(H,63,64)/t49-,50+,51+/m0/s1. The Hall–Kier alpha value is -1.94. The van der Waals surface area contributed by atoms with Crippen molar-refractivity contribution in [1.29, 1.82) is 0 Å². The number of esters is 4. The molecule has 19 heteroatoms. The van der Waals surface area contributed by atoms with Crippen molar-refractivity contribution in [1.82, 2.24) is 0 Å². The number of aliphatic hydroxyl groups excluding tert-OH is 1. The summed E-state index contributed by atoms with van der Waals surface area (Å²) in [6.07, 6.45) is 29.8. The molecule has 0 bridgehead atoms. The van der Waals surface area contributed by atoms with E-state index < -0.39 is 97.5 Å². The van der Waals surface area contributed by atoms with Gasteiger partial charge in [0.05, 0.1) is 26.4 Å². The summed E-state index contributed by atoms with van der Waals surface area (Å²) < 4.78 is 67.3. The van der Waals surface area contributed by atoms with Gasteiger partial charge in [0.2, 0.25) is 0 Å². The first-order chi connectivity index (χ1) is 35.5. The van der Waals surface area contributed by atoms with Crippen LogP contribution < -0.4 is 0 Å². The monoisotopic (exact) mass is 1100 g/mol. The highest BCUT2D eigenvalue weighted by atomic mass is 31.2. The summed E-state index contributed by atoms with van der Waals surface area (Å²) in [6, 6.07) is 0. The van der Waals surface area contributed by atoms with E-state index in [2.05, 4.69) is 34.6 Å². The lowest BCUT2D eigenvalue weighted by molar-refractivity contribution is -0.161. The molecule has 0 saturated carbocycles. The number of ether oxygens (including phenoxy) is 4. The lowest BCUT2D eigenvalue weighted by Crippen LogP contribution is -2.30. The predicted octanol–water partition coefficient (Wildman–Crippen LogP) is 14.3. The Balaban J connectivity index is 5.18. The van der Waals surface area contributed by atoms with Gasteiger partial charge in [-0.1, -0.05) is 214 Å². The molecule has 17 nitrogen and oxygen atoms in total. The molecule has 0 radical (unpaired) electrons. The predicted molar refractivity (Wildman–Crippen MR) is 289 cm³/mol. The second-order valence-corrected chi connectivity index (χ2v) is 23.4. The van der Waals surface area contributed by atoms with Gasteiger partial charge in [0.15, 0.2) is 12.2 Å². The van der Waals surface area contributed by atoms with Gasteiger partial charge in [0.25, 0.3) is 0 Å². The Morgan fingerprint density at radius 2 is 0.622 bits per heavy atom. The third-order valence-electron chi connectivity index (χ3n) is 12.5. The summed E-state index contributed by atoms with van der Waals surface area (Å²) in [5.74, 6) is -1.49. The van der Waals surface area contributed by atoms with Crippen molar-refractivity contribution in [2.45, 2.75) is 284 Å². The van der Waals surface area contributed by atoms with Gasteiger partial charge < -0.3 is 33.8 Å². The van der Waals surface area contributed by atoms with E-state index in [1.165, 1.54) is 83.5 Å². The number of phosphoric ester groups is 2. The van der Waals surface area contributed by atoms with Crippen LogP contribution >= 0.6 is 15.6 Å². The number of hydrogen-bond acceptors (Lipinski definition) is 15. The largest absolute Gasteiger partial charge is 0.472 e. The average molecular weight is 1100 g/mol. The topological polar surface area (TPSA) is 237 Å². The highest BCUT2D eigenvalue weighted by Gasteiger charge is 2.30. The zero-order chi connectivity index (χ0) is 55.0. The second kappa shape index (κ2) is 49.4. The van der Waals surface area contributed by atoms with E-state index >= 15 is 0 Å². The van der Waals surface area contributed by atoms with Crippen molar-refractivity contribution < 1.29 is 80.2 Å². The van der Waals surface area contributed by atoms with Crippen LogP contribution in [0.2, 0.25) is 0 Å². The molecule has 74 heavy (non-hydrogen) atoms. The molecule has 0 rings (SSSR count). The second-order valence-electron chi connectivity index (χ2n) is 20.4. The fraction of sp³-hybridized carbons (Fsp3) is 0.927. The van der Waals surface area contributed by atoms with Crippen molar-refractivity contribution in [3.05, 3.63) is 0 Å². The molecule has 0 aliphatic heterocycles. The maximum absolute atomic E-state index is 12.9. The number of aliphatic hydroxyl groups is 1. The van der Waals surface area contributed by atoms with Crippen LogP contribution in [-0.4, -0.2) is 96.7 Å². The molecule has 0 aromatic heterocycles. The number of hydrogen-bond donors (Lipinski definition) is 3. The van der Waals surface area contributed by atoms with Crippen molar-refractivity contribution in [2.24, 2.45) is 5.92 Å².